The molecule has 0 saturated carbocycles. The number of amides is 2. The van der Waals surface area contributed by atoms with Gasteiger partial charge in [-0.1, -0.05) is 6.07 Å². The summed E-state index contributed by atoms with van der Waals surface area (Å²) in [7, 11) is -3.83. The molecule has 1 aliphatic heterocycles. The fourth-order valence-electron chi connectivity index (χ4n) is 4.32. The van der Waals surface area contributed by atoms with Crippen LogP contribution in [0.1, 0.15) is 41.5 Å². The predicted octanol–water partition coefficient (Wildman–Crippen LogP) is -0.344. The average Bonchev–Trinajstić information content (AvgIpc) is 3.25. The van der Waals surface area contributed by atoms with Crippen LogP contribution in [0.15, 0.2) is 6.07 Å². The van der Waals surface area contributed by atoms with Crippen molar-refractivity contribution in [2.45, 2.75) is 50.2 Å². The van der Waals surface area contributed by atoms with Gasteiger partial charge in [-0.25, -0.2) is 13.2 Å². The Kier molecular flexibility index (Phi) is 6.00. The van der Waals surface area contributed by atoms with E-state index in [-0.39, 0.29) is 64.0 Å². The monoisotopic (exact) mass is 387 g/mol. The van der Waals surface area contributed by atoms with E-state index in [0.717, 1.165) is 44.2 Å². The van der Waals surface area contributed by atoms with Gasteiger partial charge < -0.3 is 15.4 Å². The van der Waals surface area contributed by atoms with Crippen molar-refractivity contribution in [2.24, 2.45) is 0 Å². The van der Waals surface area contributed by atoms with Gasteiger partial charge in [0.2, 0.25) is 0 Å². The number of anilines is 1. The summed E-state index contributed by atoms with van der Waals surface area (Å²) in [6.45, 7) is 0.515. The van der Waals surface area contributed by atoms with Gasteiger partial charge in [0.1, 0.15) is 0 Å². The van der Waals surface area contributed by atoms with E-state index in [9.17, 15) is 13.2 Å². The second kappa shape index (κ2) is 7.57. The summed E-state index contributed by atoms with van der Waals surface area (Å²) in [5.41, 5.74) is 6.25. The van der Waals surface area contributed by atoms with Crippen LogP contribution in [0.3, 0.4) is 0 Å². The van der Waals surface area contributed by atoms with Crippen LogP contribution in [-0.2, 0) is 35.7 Å². The maximum absolute atomic E-state index is 12.6. The number of carbonyl (C=O) groups excluding carboxylic acids is 1. The minimum Gasteiger partial charge on any atom is -0.564 e. The van der Waals surface area contributed by atoms with Gasteiger partial charge in [-0.2, -0.15) is 0 Å². The van der Waals surface area contributed by atoms with Gasteiger partial charge in [-0.05, 0) is 67.2 Å². The van der Waals surface area contributed by atoms with Gasteiger partial charge in [-0.3, -0.25) is 0 Å². The third-order valence-corrected chi connectivity index (χ3v) is 6.84. The summed E-state index contributed by atoms with van der Waals surface area (Å²) >= 11 is 0. The maximum Gasteiger partial charge on any atom is 1.00 e. The van der Waals surface area contributed by atoms with E-state index in [1.54, 1.807) is 0 Å². The Bertz CT molecular complexity index is 778. The smallest absolute Gasteiger partial charge is 0.564 e. The first-order chi connectivity index (χ1) is 11.4. The van der Waals surface area contributed by atoms with E-state index < -0.39 is 15.3 Å². The number of aryl methyl sites for hydroxylation is 2. The zero-order valence-corrected chi connectivity index (χ0v) is 18.5. The van der Waals surface area contributed by atoms with Gasteiger partial charge >= 0.3 is 57.4 Å². The van der Waals surface area contributed by atoms with Crippen LogP contribution in [-0.4, -0.2) is 37.7 Å². The molecule has 1 unspecified atom stereocenters. The molecular formula is C17H22KN3O3S. The zero-order chi connectivity index (χ0) is 16.9. The van der Waals surface area contributed by atoms with Crippen LogP contribution in [0.2, 0.25) is 0 Å². The summed E-state index contributed by atoms with van der Waals surface area (Å²) in [5, 5.41) is 9.53. The van der Waals surface area contributed by atoms with Crippen molar-refractivity contribution in [1.82, 2.24) is 4.90 Å². The minimum atomic E-state index is -3.83. The second-order valence-electron chi connectivity index (χ2n) is 7.07. The maximum atomic E-state index is 12.6. The Balaban J connectivity index is 0.00000182. The molecule has 25 heavy (non-hydrogen) atoms. The normalized spacial score (nSPS) is 21.6. The van der Waals surface area contributed by atoms with Crippen molar-refractivity contribution in [2.75, 3.05) is 18.4 Å². The number of benzene rings is 1. The standard InChI is InChI=1S/C17H23N3O3S.K/c18-24(22,23)13-7-8-20(10-13)17(21)19-16-14-5-1-3-11(14)9-12-4-2-6-15(12)16;/h9,13H,1-8,10H2,(H3,18,19,21,22,23);/q;+1/p-1. The van der Waals surface area contributed by atoms with E-state index in [4.69, 9.17) is 5.14 Å². The first kappa shape index (κ1) is 19.8. The molecule has 3 aliphatic rings. The molecule has 0 spiro atoms. The molecule has 0 bridgehead atoms. The van der Waals surface area contributed by atoms with Gasteiger partial charge in [0.05, 0.1) is 15.3 Å². The molecular weight excluding hydrogens is 365 g/mol. The molecule has 2 N–H and O–H groups in total. The van der Waals surface area contributed by atoms with Crippen LogP contribution < -0.4 is 56.7 Å². The SMILES string of the molecule is [K+].[NH-]S(=O)(=O)C1CCN(C(=O)Nc2c3c(cc4c2CCC4)CCC3)C1. The van der Waals surface area contributed by atoms with Crippen LogP contribution >= 0.6 is 0 Å². The minimum absolute atomic E-state index is 0. The molecule has 0 aromatic heterocycles. The van der Waals surface area contributed by atoms with Gasteiger partial charge in [-0.15, -0.1) is 0 Å². The molecule has 1 saturated heterocycles. The molecule has 130 valence electrons. The number of fused-ring (bicyclic) bond motifs is 2. The molecule has 1 aromatic carbocycles. The number of hydrogen-bond acceptors (Lipinski definition) is 3. The molecule has 4 rings (SSSR count). The Morgan fingerprint density at radius 3 is 2.24 bits per heavy atom. The molecule has 8 heteroatoms. The number of hydrogen-bond donors (Lipinski definition) is 1. The molecule has 2 amide bonds. The summed E-state index contributed by atoms with van der Waals surface area (Å²) < 4.78 is 22.7. The molecule has 1 aromatic rings. The van der Waals surface area contributed by atoms with Gasteiger partial charge in [0, 0.05) is 18.8 Å². The number of urea groups is 1. The van der Waals surface area contributed by atoms with Crippen molar-refractivity contribution < 1.29 is 64.6 Å². The summed E-state index contributed by atoms with van der Waals surface area (Å²) in [6.07, 6.45) is 6.77. The Morgan fingerprint density at radius 1 is 1.12 bits per heavy atom. The van der Waals surface area contributed by atoms with E-state index in [1.165, 1.54) is 27.2 Å². The summed E-state index contributed by atoms with van der Waals surface area (Å²) in [4.78, 5) is 14.2. The summed E-state index contributed by atoms with van der Waals surface area (Å²) in [6, 6.07) is 2.09. The quantitative estimate of drug-likeness (QED) is 0.704. The Morgan fingerprint density at radius 2 is 1.72 bits per heavy atom. The van der Waals surface area contributed by atoms with Crippen molar-refractivity contribution >= 4 is 21.7 Å². The molecule has 1 atom stereocenters. The van der Waals surface area contributed by atoms with Crippen molar-refractivity contribution in [1.29, 1.82) is 0 Å². The third-order valence-electron chi connectivity index (χ3n) is 5.58. The van der Waals surface area contributed by atoms with Crippen LogP contribution in [0.25, 0.3) is 5.14 Å². The molecule has 1 fully saturated rings. The van der Waals surface area contributed by atoms with E-state index in [1.807, 2.05) is 0 Å². The predicted molar refractivity (Wildman–Crippen MR) is 92.7 cm³/mol. The van der Waals surface area contributed by atoms with Crippen LogP contribution in [0.5, 0.6) is 0 Å². The largest absolute Gasteiger partial charge is 1.00 e. The van der Waals surface area contributed by atoms with Crippen molar-refractivity contribution in [3.63, 3.8) is 0 Å². The van der Waals surface area contributed by atoms with Gasteiger partial charge in [0.25, 0.3) is 0 Å². The summed E-state index contributed by atoms with van der Waals surface area (Å²) in [5.74, 6) is 0. The number of likely N-dealkylation sites (tertiary alicyclic amines) is 1. The zero-order valence-electron chi connectivity index (χ0n) is 14.6. The Labute approximate surface area is 191 Å². The number of carbonyl (C=O) groups is 1. The molecule has 2 aliphatic carbocycles. The Hall–Kier alpha value is 0.0364. The van der Waals surface area contributed by atoms with Crippen LogP contribution in [0, 0.1) is 0 Å². The first-order valence-corrected chi connectivity index (χ1v) is 10.2. The van der Waals surface area contributed by atoms with Crippen molar-refractivity contribution in [3.05, 3.63) is 33.5 Å². The fraction of sp³-hybridized carbons (Fsp3) is 0.588. The molecule has 1 heterocycles. The van der Waals surface area contributed by atoms with Crippen molar-refractivity contribution in [3.8, 4) is 0 Å². The molecule has 0 radical (unpaired) electrons. The van der Waals surface area contributed by atoms with E-state index >= 15 is 0 Å². The molecule has 6 nitrogen and oxygen atoms in total. The number of nitrogens with zero attached hydrogens (tertiary/aromatic N) is 1. The van der Waals surface area contributed by atoms with E-state index in [2.05, 4.69) is 11.4 Å². The topological polar surface area (TPSA) is 90.3 Å². The van der Waals surface area contributed by atoms with Gasteiger partial charge in [0.15, 0.2) is 0 Å². The first-order valence-electron chi connectivity index (χ1n) is 8.64. The third kappa shape index (κ3) is 3.85. The van der Waals surface area contributed by atoms with E-state index in [0.29, 0.717) is 13.0 Å². The number of rotatable bonds is 2. The number of nitrogens with one attached hydrogen (secondary N) is 2. The second-order valence-corrected chi connectivity index (χ2v) is 8.82. The van der Waals surface area contributed by atoms with Crippen LogP contribution in [0.4, 0.5) is 10.5 Å². The fourth-order valence-corrected chi connectivity index (χ4v) is 5.11. The number of sulfonamides is 1. The average molecular weight is 388 g/mol.